The fourth-order valence-corrected chi connectivity index (χ4v) is 3.36. The lowest BCUT2D eigenvalue weighted by atomic mass is 9.75. The summed E-state index contributed by atoms with van der Waals surface area (Å²) in [5, 5.41) is 3.35. The van der Waals surface area contributed by atoms with Crippen LogP contribution < -0.4 is 5.32 Å². The van der Waals surface area contributed by atoms with Gasteiger partial charge in [-0.2, -0.15) is 0 Å². The van der Waals surface area contributed by atoms with Crippen molar-refractivity contribution in [1.29, 1.82) is 0 Å². The molecule has 0 aromatic heterocycles. The second kappa shape index (κ2) is 6.90. The highest BCUT2D eigenvalue weighted by atomic mass is 16.2. The first kappa shape index (κ1) is 15.8. The fraction of sp³-hybridized carbons (Fsp3) is 0.938. The maximum absolute atomic E-state index is 12.4. The van der Waals surface area contributed by atoms with Crippen molar-refractivity contribution < 1.29 is 4.79 Å². The third kappa shape index (κ3) is 4.45. The molecule has 2 rings (SSSR count). The van der Waals surface area contributed by atoms with Crippen LogP contribution in [0.4, 0.5) is 0 Å². The van der Waals surface area contributed by atoms with E-state index in [1.165, 1.54) is 25.7 Å². The van der Waals surface area contributed by atoms with Gasteiger partial charge in [-0.05, 0) is 51.1 Å². The van der Waals surface area contributed by atoms with Crippen molar-refractivity contribution in [3.8, 4) is 0 Å². The lowest BCUT2D eigenvalue weighted by Gasteiger charge is -2.38. The van der Waals surface area contributed by atoms with E-state index in [4.69, 9.17) is 0 Å². The summed E-state index contributed by atoms with van der Waals surface area (Å²) in [6.45, 7) is 9.06. The van der Waals surface area contributed by atoms with Gasteiger partial charge in [0.25, 0.3) is 0 Å². The molecule has 1 saturated carbocycles. The minimum Gasteiger partial charge on any atom is -0.340 e. The number of likely N-dealkylation sites (N-methyl/N-ethyl adjacent to an activating group) is 1. The maximum atomic E-state index is 12.4. The summed E-state index contributed by atoms with van der Waals surface area (Å²) in [4.78, 5) is 16.7. The van der Waals surface area contributed by atoms with Gasteiger partial charge >= 0.3 is 0 Å². The zero-order chi connectivity index (χ0) is 14.6. The first-order valence-corrected chi connectivity index (χ1v) is 8.17. The number of hydrogen-bond donors (Lipinski definition) is 1. The highest BCUT2D eigenvalue weighted by Crippen LogP contribution is 2.36. The van der Waals surface area contributed by atoms with Crippen LogP contribution in [0, 0.1) is 5.41 Å². The first-order valence-electron chi connectivity index (χ1n) is 8.17. The summed E-state index contributed by atoms with van der Waals surface area (Å²) in [7, 11) is 2.12. The van der Waals surface area contributed by atoms with E-state index in [2.05, 4.69) is 31.1 Å². The number of nitrogens with one attached hydrogen (secondary N) is 1. The Morgan fingerprint density at radius 1 is 1.25 bits per heavy atom. The number of carbonyl (C=O) groups is 1. The molecule has 1 N–H and O–H groups in total. The zero-order valence-corrected chi connectivity index (χ0v) is 13.5. The van der Waals surface area contributed by atoms with Gasteiger partial charge in [0.15, 0.2) is 0 Å². The largest absolute Gasteiger partial charge is 0.340 e. The molecule has 0 aromatic carbocycles. The summed E-state index contributed by atoms with van der Waals surface area (Å²) in [6.07, 6.45) is 6.11. The van der Waals surface area contributed by atoms with Crippen molar-refractivity contribution in [2.45, 2.75) is 52.0 Å². The van der Waals surface area contributed by atoms with Crippen molar-refractivity contribution in [1.82, 2.24) is 15.1 Å². The molecule has 0 aromatic rings. The third-order valence-electron chi connectivity index (χ3n) is 5.01. The van der Waals surface area contributed by atoms with Gasteiger partial charge in [-0.25, -0.2) is 0 Å². The van der Waals surface area contributed by atoms with Gasteiger partial charge < -0.3 is 10.2 Å². The summed E-state index contributed by atoms with van der Waals surface area (Å²) in [5.74, 6) is 0.307. The fourth-order valence-electron chi connectivity index (χ4n) is 3.36. The normalized spacial score (nSPS) is 24.7. The van der Waals surface area contributed by atoms with Crippen LogP contribution in [-0.4, -0.2) is 61.5 Å². The van der Waals surface area contributed by atoms with Crippen LogP contribution in [0.15, 0.2) is 0 Å². The lowest BCUT2D eigenvalue weighted by molar-refractivity contribution is -0.132. The molecule has 0 spiro atoms. The van der Waals surface area contributed by atoms with Gasteiger partial charge in [0, 0.05) is 25.7 Å². The van der Waals surface area contributed by atoms with Gasteiger partial charge in [-0.3, -0.25) is 9.69 Å². The average molecular weight is 281 g/mol. The quantitative estimate of drug-likeness (QED) is 0.855. The molecule has 1 aliphatic carbocycles. The Kier molecular flexibility index (Phi) is 5.44. The molecule has 4 nitrogen and oxygen atoms in total. The SMILES string of the molecule is CN(CC(=O)N1CCCNCC1)C1CCC(C)(C)CC1. The van der Waals surface area contributed by atoms with E-state index in [1.54, 1.807) is 0 Å². The molecule has 1 saturated heterocycles. The van der Waals surface area contributed by atoms with Crippen molar-refractivity contribution in [3.05, 3.63) is 0 Å². The summed E-state index contributed by atoms with van der Waals surface area (Å²) >= 11 is 0. The topological polar surface area (TPSA) is 35.6 Å². The van der Waals surface area contributed by atoms with Crippen molar-refractivity contribution >= 4 is 5.91 Å². The van der Waals surface area contributed by atoms with Crippen LogP contribution in [0.5, 0.6) is 0 Å². The first-order chi connectivity index (χ1) is 9.48. The van der Waals surface area contributed by atoms with E-state index in [-0.39, 0.29) is 0 Å². The van der Waals surface area contributed by atoms with E-state index in [1.807, 2.05) is 4.90 Å². The molecule has 2 aliphatic rings. The smallest absolute Gasteiger partial charge is 0.236 e. The highest BCUT2D eigenvalue weighted by Gasteiger charge is 2.30. The zero-order valence-electron chi connectivity index (χ0n) is 13.5. The molecule has 116 valence electrons. The Balaban J connectivity index is 1.78. The molecule has 1 amide bonds. The standard InChI is InChI=1S/C16H31N3O/c1-16(2)7-5-14(6-8-16)18(3)13-15(20)19-11-4-9-17-10-12-19/h14,17H,4-13H2,1-3H3. The molecule has 2 fully saturated rings. The van der Waals surface area contributed by atoms with Gasteiger partial charge in [0.05, 0.1) is 6.54 Å². The Morgan fingerprint density at radius 3 is 2.65 bits per heavy atom. The van der Waals surface area contributed by atoms with E-state index in [0.29, 0.717) is 23.9 Å². The van der Waals surface area contributed by atoms with Gasteiger partial charge in [-0.1, -0.05) is 13.8 Å². The Hall–Kier alpha value is -0.610. The third-order valence-corrected chi connectivity index (χ3v) is 5.01. The van der Waals surface area contributed by atoms with Crippen LogP contribution in [0.1, 0.15) is 46.0 Å². The number of hydrogen-bond acceptors (Lipinski definition) is 3. The van der Waals surface area contributed by atoms with Crippen molar-refractivity contribution in [2.75, 3.05) is 39.8 Å². The molecule has 0 unspecified atom stereocenters. The molecular weight excluding hydrogens is 250 g/mol. The number of rotatable bonds is 3. The summed E-state index contributed by atoms with van der Waals surface area (Å²) in [5.41, 5.74) is 0.498. The van der Waals surface area contributed by atoms with Gasteiger partial charge in [0.2, 0.25) is 5.91 Å². The number of amides is 1. The highest BCUT2D eigenvalue weighted by molar-refractivity contribution is 5.78. The molecular formula is C16H31N3O. The van der Waals surface area contributed by atoms with E-state index in [9.17, 15) is 4.79 Å². The molecule has 1 heterocycles. The lowest BCUT2D eigenvalue weighted by Crippen LogP contribution is -2.45. The molecule has 0 radical (unpaired) electrons. The Morgan fingerprint density at radius 2 is 1.95 bits per heavy atom. The molecule has 1 aliphatic heterocycles. The van der Waals surface area contributed by atoms with E-state index < -0.39 is 0 Å². The van der Waals surface area contributed by atoms with Crippen LogP contribution in [0.25, 0.3) is 0 Å². The molecule has 4 heteroatoms. The second-order valence-electron chi connectivity index (χ2n) is 7.29. The van der Waals surface area contributed by atoms with Crippen LogP contribution in [-0.2, 0) is 4.79 Å². The second-order valence-corrected chi connectivity index (χ2v) is 7.29. The monoisotopic (exact) mass is 281 g/mol. The minimum absolute atomic E-state index is 0.307. The Labute approximate surface area is 123 Å². The summed E-state index contributed by atoms with van der Waals surface area (Å²) < 4.78 is 0. The Bertz CT molecular complexity index is 312. The predicted molar refractivity (Wildman–Crippen MR) is 82.7 cm³/mol. The maximum Gasteiger partial charge on any atom is 0.236 e. The van der Waals surface area contributed by atoms with E-state index in [0.717, 1.165) is 32.6 Å². The van der Waals surface area contributed by atoms with Crippen LogP contribution in [0.2, 0.25) is 0 Å². The van der Waals surface area contributed by atoms with Crippen LogP contribution >= 0.6 is 0 Å². The van der Waals surface area contributed by atoms with Crippen LogP contribution in [0.3, 0.4) is 0 Å². The average Bonchev–Trinajstić information content (AvgIpc) is 2.67. The van der Waals surface area contributed by atoms with Gasteiger partial charge in [-0.15, -0.1) is 0 Å². The molecule has 0 bridgehead atoms. The number of nitrogens with zero attached hydrogens (tertiary/aromatic N) is 2. The predicted octanol–water partition coefficient (Wildman–Crippen LogP) is 1.71. The summed E-state index contributed by atoms with van der Waals surface area (Å²) in [6, 6.07) is 0.595. The molecule has 0 atom stereocenters. The van der Waals surface area contributed by atoms with Crippen molar-refractivity contribution in [2.24, 2.45) is 5.41 Å². The number of carbonyl (C=O) groups excluding carboxylic acids is 1. The van der Waals surface area contributed by atoms with Gasteiger partial charge in [0.1, 0.15) is 0 Å². The minimum atomic E-state index is 0.307. The van der Waals surface area contributed by atoms with E-state index >= 15 is 0 Å². The van der Waals surface area contributed by atoms with Crippen molar-refractivity contribution in [3.63, 3.8) is 0 Å². The molecule has 20 heavy (non-hydrogen) atoms.